The molecule has 0 saturated carbocycles. The molecule has 3 N–H and O–H groups in total. The molecule has 1 aromatic rings. The number of amides is 2. The normalized spacial score (nSPS) is 9.88. The van der Waals surface area contributed by atoms with Crippen molar-refractivity contribution in [2.75, 3.05) is 4.90 Å². The van der Waals surface area contributed by atoms with E-state index in [1.54, 1.807) is 0 Å². The van der Waals surface area contributed by atoms with E-state index < -0.39 is 29.1 Å². The van der Waals surface area contributed by atoms with Gasteiger partial charge in [-0.05, 0) is 0 Å². The van der Waals surface area contributed by atoms with Crippen molar-refractivity contribution in [1.29, 1.82) is 0 Å². The van der Waals surface area contributed by atoms with Gasteiger partial charge in [0.1, 0.15) is 0 Å². The number of aromatic hydroxyl groups is 3. The lowest BCUT2D eigenvalue weighted by Crippen LogP contribution is -2.32. The van der Waals surface area contributed by atoms with Crippen LogP contribution in [0, 0.1) is 0 Å². The van der Waals surface area contributed by atoms with Gasteiger partial charge in [0.15, 0.2) is 17.2 Å². The zero-order chi connectivity index (χ0) is 12.5. The van der Waals surface area contributed by atoms with Crippen molar-refractivity contribution in [2.45, 2.75) is 13.8 Å². The third-order valence-electron chi connectivity index (χ3n) is 1.94. The van der Waals surface area contributed by atoms with Crippen LogP contribution in [0.25, 0.3) is 0 Å². The fraction of sp³-hybridized carbons (Fsp3) is 0.200. The summed E-state index contributed by atoms with van der Waals surface area (Å²) < 4.78 is 0. The maximum atomic E-state index is 11.2. The van der Waals surface area contributed by atoms with Gasteiger partial charge in [0, 0.05) is 26.0 Å². The van der Waals surface area contributed by atoms with Gasteiger partial charge < -0.3 is 15.3 Å². The summed E-state index contributed by atoms with van der Waals surface area (Å²) in [4.78, 5) is 23.1. The first-order valence-corrected chi connectivity index (χ1v) is 4.40. The summed E-state index contributed by atoms with van der Waals surface area (Å²) in [5.41, 5.74) is -0.00667. The molecule has 0 unspecified atom stereocenters. The fourth-order valence-electron chi connectivity index (χ4n) is 1.30. The van der Waals surface area contributed by atoms with Gasteiger partial charge >= 0.3 is 0 Å². The molecular weight excluding hydrogens is 214 g/mol. The quantitative estimate of drug-likeness (QED) is 0.611. The Hall–Kier alpha value is -2.24. The number of carbonyl (C=O) groups excluding carboxylic acids is 2. The Kier molecular flexibility index (Phi) is 3.03. The van der Waals surface area contributed by atoms with E-state index in [2.05, 4.69) is 0 Å². The highest BCUT2D eigenvalue weighted by molar-refractivity contribution is 6.13. The number of benzene rings is 1. The van der Waals surface area contributed by atoms with E-state index >= 15 is 0 Å². The first kappa shape index (κ1) is 11.8. The molecule has 6 heteroatoms. The largest absolute Gasteiger partial charge is 0.504 e. The van der Waals surface area contributed by atoms with Crippen LogP contribution in [-0.2, 0) is 9.59 Å². The number of hydrogen-bond donors (Lipinski definition) is 3. The minimum atomic E-state index is -0.698. The van der Waals surface area contributed by atoms with E-state index in [1.807, 2.05) is 0 Å². The van der Waals surface area contributed by atoms with E-state index in [0.29, 0.717) is 0 Å². The Morgan fingerprint density at radius 3 is 1.69 bits per heavy atom. The molecular formula is C10H11NO5. The van der Waals surface area contributed by atoms with Crippen LogP contribution in [0.5, 0.6) is 17.2 Å². The smallest absolute Gasteiger partial charge is 0.230 e. The SMILES string of the molecule is CC(=O)N(C(C)=O)c1cc(O)c(O)c(O)c1. The molecule has 0 aliphatic heterocycles. The number of rotatable bonds is 1. The standard InChI is InChI=1S/C10H11NO5/c1-5(12)11(6(2)13)7-3-8(14)10(16)9(15)4-7/h3-4,14-16H,1-2H3. The van der Waals surface area contributed by atoms with Gasteiger partial charge in [-0.3, -0.25) is 14.5 Å². The third kappa shape index (κ3) is 2.05. The highest BCUT2D eigenvalue weighted by Crippen LogP contribution is 2.38. The van der Waals surface area contributed by atoms with Gasteiger partial charge in [0.2, 0.25) is 11.8 Å². The molecule has 0 radical (unpaired) electrons. The second-order valence-electron chi connectivity index (χ2n) is 3.21. The van der Waals surface area contributed by atoms with Crippen LogP contribution in [0.4, 0.5) is 5.69 Å². The molecule has 0 heterocycles. The third-order valence-corrected chi connectivity index (χ3v) is 1.94. The van der Waals surface area contributed by atoms with Crippen molar-refractivity contribution in [3.8, 4) is 17.2 Å². The monoisotopic (exact) mass is 225 g/mol. The van der Waals surface area contributed by atoms with Crippen LogP contribution < -0.4 is 4.90 Å². The Morgan fingerprint density at radius 1 is 1.00 bits per heavy atom. The lowest BCUT2D eigenvalue weighted by Gasteiger charge is -2.17. The average molecular weight is 225 g/mol. The lowest BCUT2D eigenvalue weighted by atomic mass is 10.2. The van der Waals surface area contributed by atoms with Crippen LogP contribution in [0.2, 0.25) is 0 Å². The zero-order valence-corrected chi connectivity index (χ0v) is 8.76. The minimum absolute atomic E-state index is 0.00667. The molecule has 0 aliphatic carbocycles. The van der Waals surface area contributed by atoms with Crippen molar-refractivity contribution in [2.24, 2.45) is 0 Å². The van der Waals surface area contributed by atoms with Crippen molar-refractivity contribution in [3.05, 3.63) is 12.1 Å². The molecule has 0 bridgehead atoms. The second kappa shape index (κ2) is 4.09. The van der Waals surface area contributed by atoms with E-state index in [4.69, 9.17) is 5.11 Å². The molecule has 0 atom stereocenters. The Balaban J connectivity index is 3.32. The van der Waals surface area contributed by atoms with E-state index in [0.717, 1.165) is 17.0 Å². The predicted octanol–water partition coefficient (Wildman–Crippen LogP) is 0.703. The van der Waals surface area contributed by atoms with Crippen molar-refractivity contribution in [1.82, 2.24) is 0 Å². The molecule has 0 saturated heterocycles. The first-order valence-electron chi connectivity index (χ1n) is 4.40. The Bertz CT molecular complexity index is 418. The number of imide groups is 1. The molecule has 0 fully saturated rings. The van der Waals surface area contributed by atoms with Crippen molar-refractivity contribution >= 4 is 17.5 Å². The van der Waals surface area contributed by atoms with Crippen LogP contribution in [0.15, 0.2) is 12.1 Å². The molecule has 6 nitrogen and oxygen atoms in total. The number of phenolic OH excluding ortho intramolecular Hbond substituents is 3. The van der Waals surface area contributed by atoms with Crippen molar-refractivity contribution < 1.29 is 24.9 Å². The summed E-state index contributed by atoms with van der Waals surface area (Å²) in [6.45, 7) is 2.34. The maximum Gasteiger partial charge on any atom is 0.230 e. The number of anilines is 1. The molecule has 0 aliphatic rings. The number of nitrogens with zero attached hydrogens (tertiary/aromatic N) is 1. The Morgan fingerprint density at radius 2 is 1.38 bits per heavy atom. The molecule has 1 rings (SSSR count). The van der Waals surface area contributed by atoms with E-state index in [1.165, 1.54) is 13.8 Å². The maximum absolute atomic E-state index is 11.2. The van der Waals surface area contributed by atoms with Gasteiger partial charge in [-0.1, -0.05) is 0 Å². The molecule has 1 aromatic carbocycles. The zero-order valence-electron chi connectivity index (χ0n) is 8.76. The molecule has 16 heavy (non-hydrogen) atoms. The number of phenols is 3. The molecule has 0 aromatic heterocycles. The summed E-state index contributed by atoms with van der Waals surface area (Å²) in [6, 6.07) is 2.02. The van der Waals surface area contributed by atoms with Crippen LogP contribution >= 0.6 is 0 Å². The van der Waals surface area contributed by atoms with Crippen molar-refractivity contribution in [3.63, 3.8) is 0 Å². The molecule has 0 spiro atoms. The second-order valence-corrected chi connectivity index (χ2v) is 3.21. The van der Waals surface area contributed by atoms with Gasteiger partial charge in [0.05, 0.1) is 5.69 Å². The van der Waals surface area contributed by atoms with Gasteiger partial charge in [-0.15, -0.1) is 0 Å². The number of hydrogen-bond acceptors (Lipinski definition) is 5. The lowest BCUT2D eigenvalue weighted by molar-refractivity contribution is -0.124. The highest BCUT2D eigenvalue weighted by Gasteiger charge is 2.19. The molecule has 2 amide bonds. The van der Waals surface area contributed by atoms with Gasteiger partial charge in [0.25, 0.3) is 0 Å². The summed E-state index contributed by atoms with van der Waals surface area (Å²) in [7, 11) is 0. The molecule has 86 valence electrons. The van der Waals surface area contributed by atoms with Gasteiger partial charge in [-0.2, -0.15) is 0 Å². The Labute approximate surface area is 91.4 Å². The average Bonchev–Trinajstić information content (AvgIpc) is 2.12. The van der Waals surface area contributed by atoms with Crippen LogP contribution in [-0.4, -0.2) is 27.1 Å². The highest BCUT2D eigenvalue weighted by atomic mass is 16.3. The summed E-state index contributed by atoms with van der Waals surface area (Å²) in [6.07, 6.45) is 0. The summed E-state index contributed by atoms with van der Waals surface area (Å²) >= 11 is 0. The van der Waals surface area contributed by atoms with Gasteiger partial charge in [-0.25, -0.2) is 0 Å². The van der Waals surface area contributed by atoms with Crippen LogP contribution in [0.3, 0.4) is 0 Å². The fourth-order valence-corrected chi connectivity index (χ4v) is 1.30. The minimum Gasteiger partial charge on any atom is -0.504 e. The van der Waals surface area contributed by atoms with Crippen LogP contribution in [0.1, 0.15) is 13.8 Å². The summed E-state index contributed by atoms with van der Waals surface area (Å²) in [5.74, 6) is -3.03. The summed E-state index contributed by atoms with van der Waals surface area (Å²) in [5, 5.41) is 27.6. The topological polar surface area (TPSA) is 98.1 Å². The first-order chi connectivity index (χ1) is 7.34. The number of carbonyl (C=O) groups is 2. The predicted molar refractivity (Wildman–Crippen MR) is 55.3 cm³/mol. The van der Waals surface area contributed by atoms with E-state index in [9.17, 15) is 19.8 Å². The van der Waals surface area contributed by atoms with E-state index in [-0.39, 0.29) is 5.69 Å².